The van der Waals surface area contributed by atoms with Crippen LogP contribution in [0.2, 0.25) is 0 Å². The second kappa shape index (κ2) is 5.69. The number of nitrogens with two attached hydrogens (primary N) is 1. The van der Waals surface area contributed by atoms with Crippen molar-refractivity contribution < 1.29 is 9.59 Å². The molecular weight excluding hydrogens is 276 g/mol. The molecule has 4 heteroatoms. The molecule has 0 spiro atoms. The first-order valence-corrected chi connectivity index (χ1v) is 6.82. The maximum Gasteiger partial charge on any atom is 0.226 e. The number of ketones is 1. The van der Waals surface area contributed by atoms with E-state index in [1.807, 2.05) is 42.5 Å². The van der Waals surface area contributed by atoms with Crippen molar-refractivity contribution in [1.29, 1.82) is 0 Å². The van der Waals surface area contributed by atoms with E-state index in [2.05, 4.69) is 5.32 Å². The number of nitrogen functional groups attached to an aromatic ring is 1. The van der Waals surface area contributed by atoms with E-state index in [4.69, 9.17) is 5.73 Å². The first-order valence-electron chi connectivity index (χ1n) is 6.82. The van der Waals surface area contributed by atoms with Crippen LogP contribution in [-0.4, -0.2) is 12.1 Å². The van der Waals surface area contributed by atoms with Crippen LogP contribution in [0.25, 0.3) is 10.8 Å². The van der Waals surface area contributed by atoms with E-state index < -0.39 is 5.78 Å². The van der Waals surface area contributed by atoms with Crippen molar-refractivity contribution in [3.8, 4) is 0 Å². The number of hydrogen-bond acceptors (Lipinski definition) is 4. The Morgan fingerprint density at radius 3 is 2.41 bits per heavy atom. The molecule has 3 rings (SSSR count). The van der Waals surface area contributed by atoms with Gasteiger partial charge in [-0.3, -0.25) is 9.59 Å². The van der Waals surface area contributed by atoms with Gasteiger partial charge < -0.3 is 11.1 Å². The monoisotopic (exact) mass is 290 g/mol. The zero-order chi connectivity index (χ0) is 15.5. The van der Waals surface area contributed by atoms with E-state index in [1.165, 1.54) is 0 Å². The number of benzene rings is 3. The van der Waals surface area contributed by atoms with Crippen molar-refractivity contribution in [2.75, 3.05) is 11.1 Å². The largest absolute Gasteiger partial charge is 0.399 e. The molecule has 0 atom stereocenters. The molecule has 0 amide bonds. The molecule has 3 N–H and O–H groups in total. The van der Waals surface area contributed by atoms with Crippen LogP contribution in [0.1, 0.15) is 10.4 Å². The Kier molecular flexibility index (Phi) is 3.58. The van der Waals surface area contributed by atoms with Crippen molar-refractivity contribution in [1.82, 2.24) is 0 Å². The molecule has 0 bridgehead atoms. The fraction of sp³-hybridized carbons (Fsp3) is 0. The summed E-state index contributed by atoms with van der Waals surface area (Å²) >= 11 is 0. The molecule has 0 aliphatic rings. The molecule has 4 nitrogen and oxygen atoms in total. The zero-order valence-electron chi connectivity index (χ0n) is 11.7. The van der Waals surface area contributed by atoms with Crippen LogP contribution in [0.5, 0.6) is 0 Å². The Morgan fingerprint density at radius 1 is 0.955 bits per heavy atom. The Labute approximate surface area is 127 Å². The number of hydrogen-bond donors (Lipinski definition) is 2. The molecule has 0 aliphatic carbocycles. The van der Waals surface area contributed by atoms with Gasteiger partial charge in [0.2, 0.25) is 5.78 Å². The van der Waals surface area contributed by atoms with Crippen molar-refractivity contribution >= 4 is 39.9 Å². The highest BCUT2D eigenvalue weighted by molar-refractivity contribution is 6.36. The summed E-state index contributed by atoms with van der Waals surface area (Å²) in [7, 11) is 0. The quantitative estimate of drug-likeness (QED) is 0.333. The molecule has 22 heavy (non-hydrogen) atoms. The number of Topliss-reactive ketones (excluding diaryl/α,β-unsaturated/α-hetero) is 1. The normalized spacial score (nSPS) is 10.4. The van der Waals surface area contributed by atoms with Gasteiger partial charge in [0, 0.05) is 22.6 Å². The lowest BCUT2D eigenvalue weighted by atomic mass is 10.0. The van der Waals surface area contributed by atoms with Crippen molar-refractivity contribution in [3.63, 3.8) is 0 Å². The summed E-state index contributed by atoms with van der Waals surface area (Å²) in [4.78, 5) is 22.7. The summed E-state index contributed by atoms with van der Waals surface area (Å²) in [5.74, 6) is -0.530. The molecule has 0 fully saturated rings. The van der Waals surface area contributed by atoms with Crippen molar-refractivity contribution in [2.24, 2.45) is 0 Å². The van der Waals surface area contributed by atoms with E-state index >= 15 is 0 Å². The van der Waals surface area contributed by atoms with Gasteiger partial charge in [-0.2, -0.15) is 0 Å². The fourth-order valence-electron chi connectivity index (χ4n) is 2.38. The second-order valence-electron chi connectivity index (χ2n) is 4.97. The lowest BCUT2D eigenvalue weighted by Crippen LogP contribution is -2.02. The van der Waals surface area contributed by atoms with Gasteiger partial charge in [-0.15, -0.1) is 0 Å². The van der Waals surface area contributed by atoms with E-state index in [0.717, 1.165) is 22.1 Å². The Balaban J connectivity index is 2.08. The second-order valence-corrected chi connectivity index (χ2v) is 4.97. The van der Waals surface area contributed by atoms with E-state index in [1.54, 1.807) is 18.2 Å². The third kappa shape index (κ3) is 2.67. The highest BCUT2D eigenvalue weighted by Gasteiger charge is 2.11. The Bertz CT molecular complexity index is 855. The number of aldehydes is 1. The summed E-state index contributed by atoms with van der Waals surface area (Å²) < 4.78 is 0. The van der Waals surface area contributed by atoms with Gasteiger partial charge in [0.1, 0.15) is 0 Å². The SMILES string of the molecule is Nc1ccc(Nc2cc(C(=O)C=O)c3ccccc3c2)cc1. The molecule has 108 valence electrons. The van der Waals surface area contributed by atoms with Gasteiger partial charge in [-0.1, -0.05) is 24.3 Å². The Morgan fingerprint density at radius 2 is 1.68 bits per heavy atom. The molecular formula is C18H14N2O2. The Hall–Kier alpha value is -3.14. The first-order chi connectivity index (χ1) is 10.7. The van der Waals surface area contributed by atoms with E-state index in [0.29, 0.717) is 17.5 Å². The highest BCUT2D eigenvalue weighted by atomic mass is 16.2. The average molecular weight is 290 g/mol. The molecule has 0 saturated heterocycles. The van der Waals surface area contributed by atoms with Gasteiger partial charge in [0.15, 0.2) is 6.29 Å². The van der Waals surface area contributed by atoms with Crippen LogP contribution in [0.15, 0.2) is 60.7 Å². The molecule has 0 unspecified atom stereocenters. The molecule has 0 saturated carbocycles. The summed E-state index contributed by atoms with van der Waals surface area (Å²) in [6.07, 6.45) is 0.342. The third-order valence-electron chi connectivity index (χ3n) is 3.43. The molecule has 3 aromatic carbocycles. The third-order valence-corrected chi connectivity index (χ3v) is 3.43. The van der Waals surface area contributed by atoms with Gasteiger partial charge >= 0.3 is 0 Å². The molecule has 3 aromatic rings. The van der Waals surface area contributed by atoms with Crippen LogP contribution in [0.4, 0.5) is 17.1 Å². The minimum Gasteiger partial charge on any atom is -0.399 e. The van der Waals surface area contributed by atoms with Crippen LogP contribution < -0.4 is 11.1 Å². The van der Waals surface area contributed by atoms with Crippen molar-refractivity contribution in [3.05, 3.63) is 66.2 Å². The minimum absolute atomic E-state index is 0.342. The number of nitrogens with one attached hydrogen (secondary N) is 1. The summed E-state index contributed by atoms with van der Waals surface area (Å²) in [5.41, 5.74) is 8.34. The predicted molar refractivity (Wildman–Crippen MR) is 88.5 cm³/mol. The van der Waals surface area contributed by atoms with Gasteiger partial charge in [-0.25, -0.2) is 0 Å². The average Bonchev–Trinajstić information content (AvgIpc) is 2.55. The standard InChI is InChI=1S/C18H14N2O2/c19-13-5-7-14(8-6-13)20-15-9-12-3-1-2-4-16(12)17(10-15)18(22)11-21/h1-11,20H,19H2. The summed E-state index contributed by atoms with van der Waals surface area (Å²) in [6.45, 7) is 0. The number of rotatable bonds is 4. The number of fused-ring (bicyclic) bond motifs is 1. The van der Waals surface area contributed by atoms with Crippen LogP contribution >= 0.6 is 0 Å². The highest BCUT2D eigenvalue weighted by Crippen LogP contribution is 2.26. The lowest BCUT2D eigenvalue weighted by molar-refractivity contribution is -0.104. The van der Waals surface area contributed by atoms with E-state index in [9.17, 15) is 9.59 Å². The van der Waals surface area contributed by atoms with Crippen LogP contribution in [0.3, 0.4) is 0 Å². The molecule has 0 aromatic heterocycles. The van der Waals surface area contributed by atoms with Crippen LogP contribution in [-0.2, 0) is 4.79 Å². The number of anilines is 3. The summed E-state index contributed by atoms with van der Waals surface area (Å²) in [6, 6.07) is 18.4. The minimum atomic E-state index is -0.530. The maximum atomic E-state index is 11.9. The maximum absolute atomic E-state index is 11.9. The van der Waals surface area contributed by atoms with Crippen LogP contribution in [0, 0.1) is 0 Å². The zero-order valence-corrected chi connectivity index (χ0v) is 11.7. The molecule has 0 aliphatic heterocycles. The smallest absolute Gasteiger partial charge is 0.226 e. The predicted octanol–water partition coefficient (Wildman–Crippen LogP) is 3.55. The number of carbonyl (C=O) groups excluding carboxylic acids is 2. The molecule has 0 heterocycles. The lowest BCUT2D eigenvalue weighted by Gasteiger charge is -2.10. The first kappa shape index (κ1) is 13.8. The van der Waals surface area contributed by atoms with Gasteiger partial charge in [-0.05, 0) is 47.2 Å². The van der Waals surface area contributed by atoms with Gasteiger partial charge in [0.05, 0.1) is 0 Å². The topological polar surface area (TPSA) is 72.2 Å². The van der Waals surface area contributed by atoms with Crippen molar-refractivity contribution in [2.45, 2.75) is 0 Å². The number of carbonyl (C=O) groups is 2. The summed E-state index contributed by atoms with van der Waals surface area (Å²) in [5, 5.41) is 4.88. The molecule has 0 radical (unpaired) electrons. The fourth-order valence-corrected chi connectivity index (χ4v) is 2.38. The van der Waals surface area contributed by atoms with Gasteiger partial charge in [0.25, 0.3) is 0 Å². The van der Waals surface area contributed by atoms with E-state index in [-0.39, 0.29) is 0 Å².